The van der Waals surface area contributed by atoms with E-state index < -0.39 is 5.60 Å². The molecule has 0 aromatic rings. The Morgan fingerprint density at radius 1 is 1.64 bits per heavy atom. The summed E-state index contributed by atoms with van der Waals surface area (Å²) in [4.78, 5) is 13.3. The van der Waals surface area contributed by atoms with Crippen LogP contribution < -0.4 is 0 Å². The molecule has 0 spiro atoms. The summed E-state index contributed by atoms with van der Waals surface area (Å²) in [7, 11) is 0. The van der Waals surface area contributed by atoms with Gasteiger partial charge in [0, 0.05) is 19.6 Å². The van der Waals surface area contributed by atoms with Crippen LogP contribution in [0.1, 0.15) is 20.8 Å². The fourth-order valence-electron chi connectivity index (χ4n) is 1.79. The van der Waals surface area contributed by atoms with Crippen molar-refractivity contribution in [3.63, 3.8) is 0 Å². The molecule has 14 heavy (non-hydrogen) atoms. The third-order valence-corrected chi connectivity index (χ3v) is 2.35. The van der Waals surface area contributed by atoms with Crippen LogP contribution in [0.5, 0.6) is 0 Å². The molecular formula is C10H19NO3. The Labute approximate surface area is 84.8 Å². The van der Waals surface area contributed by atoms with E-state index in [1.165, 1.54) is 0 Å². The first-order valence-corrected chi connectivity index (χ1v) is 5.06. The molecule has 82 valence electrons. The zero-order chi connectivity index (χ0) is 10.8. The molecule has 4 nitrogen and oxygen atoms in total. The average molecular weight is 201 g/mol. The van der Waals surface area contributed by atoms with Gasteiger partial charge in [0.25, 0.3) is 0 Å². The van der Waals surface area contributed by atoms with E-state index in [1.54, 1.807) is 13.8 Å². The number of ether oxygens (including phenoxy) is 1. The predicted molar refractivity (Wildman–Crippen MR) is 52.9 cm³/mol. The van der Waals surface area contributed by atoms with Crippen LogP contribution in [-0.2, 0) is 9.53 Å². The molecule has 1 aliphatic rings. The third-order valence-electron chi connectivity index (χ3n) is 2.35. The molecule has 1 heterocycles. The largest absolute Gasteiger partial charge is 0.466 e. The first kappa shape index (κ1) is 11.5. The summed E-state index contributed by atoms with van der Waals surface area (Å²) in [6, 6.07) is 0. The second-order valence-electron chi connectivity index (χ2n) is 4.32. The van der Waals surface area contributed by atoms with Crippen molar-refractivity contribution in [1.82, 2.24) is 4.90 Å². The lowest BCUT2D eigenvalue weighted by molar-refractivity contribution is -0.151. The molecule has 0 saturated carbocycles. The van der Waals surface area contributed by atoms with Gasteiger partial charge in [-0.2, -0.15) is 0 Å². The molecule has 0 amide bonds. The van der Waals surface area contributed by atoms with Crippen LogP contribution in [0, 0.1) is 5.92 Å². The second kappa shape index (κ2) is 4.28. The lowest BCUT2D eigenvalue weighted by atomic mass is 9.95. The molecular weight excluding hydrogens is 182 g/mol. The van der Waals surface area contributed by atoms with E-state index in [9.17, 15) is 9.90 Å². The Morgan fingerprint density at radius 2 is 2.21 bits per heavy atom. The molecule has 1 rings (SSSR count). The number of hydrogen-bond donors (Lipinski definition) is 1. The normalized spacial score (nSPS) is 22.6. The highest BCUT2D eigenvalue weighted by molar-refractivity contribution is 5.72. The first-order valence-electron chi connectivity index (χ1n) is 5.06. The van der Waals surface area contributed by atoms with Crippen molar-refractivity contribution in [1.29, 1.82) is 0 Å². The van der Waals surface area contributed by atoms with Gasteiger partial charge in [0.2, 0.25) is 0 Å². The number of carbonyl (C=O) groups is 1. The van der Waals surface area contributed by atoms with Crippen molar-refractivity contribution in [3.05, 3.63) is 0 Å². The van der Waals surface area contributed by atoms with Crippen molar-refractivity contribution in [3.8, 4) is 0 Å². The van der Waals surface area contributed by atoms with Crippen LogP contribution in [0.4, 0.5) is 0 Å². The molecule has 1 N–H and O–H groups in total. The van der Waals surface area contributed by atoms with Crippen molar-refractivity contribution in [2.24, 2.45) is 5.92 Å². The maximum Gasteiger partial charge on any atom is 0.309 e. The number of hydrogen-bond acceptors (Lipinski definition) is 4. The summed E-state index contributed by atoms with van der Waals surface area (Å²) in [5.41, 5.74) is -0.561. The van der Waals surface area contributed by atoms with Crippen molar-refractivity contribution >= 4 is 5.97 Å². The van der Waals surface area contributed by atoms with Gasteiger partial charge in [-0.15, -0.1) is 0 Å². The Hall–Kier alpha value is -0.610. The molecule has 0 aromatic heterocycles. The molecule has 1 unspecified atom stereocenters. The van der Waals surface area contributed by atoms with Crippen LogP contribution in [-0.4, -0.2) is 47.8 Å². The number of aliphatic hydroxyl groups is 1. The molecule has 4 heteroatoms. The minimum Gasteiger partial charge on any atom is -0.466 e. The summed E-state index contributed by atoms with van der Waals surface area (Å²) < 4.78 is 4.90. The third kappa shape index (κ3) is 2.96. The van der Waals surface area contributed by atoms with E-state index in [0.717, 1.165) is 0 Å². The molecule has 0 bridgehead atoms. The number of rotatable bonds is 4. The Morgan fingerprint density at radius 3 is 2.64 bits per heavy atom. The smallest absolute Gasteiger partial charge is 0.309 e. The van der Waals surface area contributed by atoms with Gasteiger partial charge < -0.3 is 9.84 Å². The van der Waals surface area contributed by atoms with Gasteiger partial charge in [-0.05, 0) is 13.8 Å². The lowest BCUT2D eigenvalue weighted by Crippen LogP contribution is -2.60. The molecule has 0 radical (unpaired) electrons. The summed E-state index contributed by atoms with van der Waals surface area (Å²) >= 11 is 0. The highest BCUT2D eigenvalue weighted by atomic mass is 16.5. The standard InChI is InChI=1S/C10H19NO3/c1-4-14-9(12)8(2)5-11-6-10(3,13)7-11/h8,13H,4-7H2,1-3H3. The van der Waals surface area contributed by atoms with E-state index in [2.05, 4.69) is 4.90 Å². The maximum absolute atomic E-state index is 11.3. The number of esters is 1. The first-order chi connectivity index (χ1) is 6.44. The van der Waals surface area contributed by atoms with Crippen molar-refractivity contribution in [2.45, 2.75) is 26.4 Å². The highest BCUT2D eigenvalue weighted by Gasteiger charge is 2.37. The number of nitrogens with zero attached hydrogens (tertiary/aromatic N) is 1. The fraction of sp³-hybridized carbons (Fsp3) is 0.900. The Bertz CT molecular complexity index is 207. The van der Waals surface area contributed by atoms with Gasteiger partial charge >= 0.3 is 5.97 Å². The second-order valence-corrected chi connectivity index (χ2v) is 4.32. The minimum absolute atomic E-state index is 0.106. The SMILES string of the molecule is CCOC(=O)C(C)CN1CC(C)(O)C1. The zero-order valence-corrected chi connectivity index (χ0v) is 9.12. The number of β-amino-alcohol motifs (C(OH)–C–C–N with tert-alkyl or cyclic N) is 1. The molecule has 1 fully saturated rings. The summed E-state index contributed by atoms with van der Waals surface area (Å²) in [6.45, 7) is 7.87. The molecule has 1 aliphatic heterocycles. The summed E-state index contributed by atoms with van der Waals surface area (Å²) in [5, 5.41) is 9.48. The average Bonchev–Trinajstić information content (AvgIpc) is 2.01. The van der Waals surface area contributed by atoms with Gasteiger partial charge in [0.1, 0.15) is 0 Å². The van der Waals surface area contributed by atoms with E-state index in [1.807, 2.05) is 6.92 Å². The Balaban J connectivity index is 2.22. The van der Waals surface area contributed by atoms with Crippen LogP contribution in [0.15, 0.2) is 0 Å². The molecule has 1 atom stereocenters. The highest BCUT2D eigenvalue weighted by Crippen LogP contribution is 2.20. The predicted octanol–water partition coefficient (Wildman–Crippen LogP) is 0.252. The molecule has 1 saturated heterocycles. The van der Waals surface area contributed by atoms with Gasteiger partial charge in [-0.3, -0.25) is 9.69 Å². The minimum atomic E-state index is -0.561. The maximum atomic E-state index is 11.3. The Kier molecular flexibility index (Phi) is 3.50. The van der Waals surface area contributed by atoms with Gasteiger partial charge in [0.05, 0.1) is 18.1 Å². The van der Waals surface area contributed by atoms with Crippen molar-refractivity contribution < 1.29 is 14.6 Å². The lowest BCUT2D eigenvalue weighted by Gasteiger charge is -2.44. The summed E-state index contributed by atoms with van der Waals surface area (Å²) in [6.07, 6.45) is 0. The van der Waals surface area contributed by atoms with Crippen LogP contribution in [0.3, 0.4) is 0 Å². The van der Waals surface area contributed by atoms with Gasteiger partial charge in [-0.25, -0.2) is 0 Å². The summed E-state index contributed by atoms with van der Waals surface area (Å²) in [5.74, 6) is -0.259. The van der Waals surface area contributed by atoms with Crippen LogP contribution >= 0.6 is 0 Å². The quantitative estimate of drug-likeness (QED) is 0.662. The van der Waals surface area contributed by atoms with Crippen LogP contribution in [0.2, 0.25) is 0 Å². The number of likely N-dealkylation sites (tertiary alicyclic amines) is 1. The van der Waals surface area contributed by atoms with Gasteiger partial charge in [0.15, 0.2) is 0 Å². The number of carbonyl (C=O) groups excluding carboxylic acids is 1. The van der Waals surface area contributed by atoms with Crippen molar-refractivity contribution in [2.75, 3.05) is 26.2 Å². The van der Waals surface area contributed by atoms with E-state index in [4.69, 9.17) is 4.74 Å². The fourth-order valence-corrected chi connectivity index (χ4v) is 1.79. The topological polar surface area (TPSA) is 49.8 Å². The zero-order valence-electron chi connectivity index (χ0n) is 9.12. The van der Waals surface area contributed by atoms with E-state index in [0.29, 0.717) is 26.2 Å². The van der Waals surface area contributed by atoms with E-state index >= 15 is 0 Å². The monoisotopic (exact) mass is 201 g/mol. The van der Waals surface area contributed by atoms with Gasteiger partial charge in [-0.1, -0.05) is 6.92 Å². The molecule has 0 aliphatic carbocycles. The molecule has 0 aromatic carbocycles. The van der Waals surface area contributed by atoms with E-state index in [-0.39, 0.29) is 11.9 Å². The van der Waals surface area contributed by atoms with Crippen LogP contribution in [0.25, 0.3) is 0 Å².